The van der Waals surface area contributed by atoms with Gasteiger partial charge in [0.1, 0.15) is 0 Å². The Bertz CT molecular complexity index is 676. The summed E-state index contributed by atoms with van der Waals surface area (Å²) in [6, 6.07) is 10.00. The average Bonchev–Trinajstić information content (AvgIpc) is 3.07. The number of hydrogen-bond acceptors (Lipinski definition) is 5. The van der Waals surface area contributed by atoms with Crippen LogP contribution in [0.15, 0.2) is 28.7 Å². The topological polar surface area (TPSA) is 66.0 Å². The highest BCUT2D eigenvalue weighted by Crippen LogP contribution is 2.28. The van der Waals surface area contributed by atoms with E-state index in [-0.39, 0.29) is 5.92 Å². The highest BCUT2D eigenvalue weighted by atomic mass is 16.4. The minimum Gasteiger partial charge on any atom is -0.425 e. The zero-order chi connectivity index (χ0) is 16.2. The largest absolute Gasteiger partial charge is 0.425 e. The van der Waals surface area contributed by atoms with Crippen LogP contribution >= 0.6 is 0 Å². The molecule has 23 heavy (non-hydrogen) atoms. The molecule has 0 spiro atoms. The second-order valence-electron chi connectivity index (χ2n) is 6.49. The van der Waals surface area contributed by atoms with Crippen molar-refractivity contribution in [1.29, 1.82) is 5.26 Å². The SMILES string of the molecule is CC(C)c1nnc(C2CCN(Cc3ccc(C#N)cc3)CC2)o1. The minimum atomic E-state index is 0.285. The lowest BCUT2D eigenvalue weighted by molar-refractivity contribution is 0.191. The maximum absolute atomic E-state index is 8.84. The standard InChI is InChI=1S/C18H22N4O/c1-13(2)17-20-21-18(23-17)16-7-9-22(10-8-16)12-15-5-3-14(11-19)4-6-15/h3-6,13,16H,7-10,12H2,1-2H3. The third-order valence-electron chi connectivity index (χ3n) is 4.38. The molecule has 5 heteroatoms. The number of aromatic nitrogens is 2. The van der Waals surface area contributed by atoms with Crippen LogP contribution in [0.5, 0.6) is 0 Å². The van der Waals surface area contributed by atoms with Crippen molar-refractivity contribution in [2.75, 3.05) is 13.1 Å². The Balaban J connectivity index is 1.54. The van der Waals surface area contributed by atoms with E-state index in [2.05, 4.69) is 35.0 Å². The Labute approximate surface area is 136 Å². The van der Waals surface area contributed by atoms with Crippen LogP contribution in [-0.4, -0.2) is 28.2 Å². The molecule has 1 saturated heterocycles. The van der Waals surface area contributed by atoms with Gasteiger partial charge in [0, 0.05) is 18.4 Å². The number of benzene rings is 1. The van der Waals surface area contributed by atoms with Crippen LogP contribution in [0.2, 0.25) is 0 Å². The van der Waals surface area contributed by atoms with E-state index < -0.39 is 0 Å². The van der Waals surface area contributed by atoms with E-state index in [4.69, 9.17) is 9.68 Å². The van der Waals surface area contributed by atoms with E-state index in [1.807, 2.05) is 24.3 Å². The minimum absolute atomic E-state index is 0.285. The van der Waals surface area contributed by atoms with Gasteiger partial charge in [-0.05, 0) is 43.6 Å². The van der Waals surface area contributed by atoms with Crippen LogP contribution in [0.3, 0.4) is 0 Å². The van der Waals surface area contributed by atoms with Gasteiger partial charge in [0.05, 0.1) is 11.6 Å². The van der Waals surface area contributed by atoms with Crippen molar-refractivity contribution in [2.45, 2.75) is 45.1 Å². The zero-order valence-corrected chi connectivity index (χ0v) is 13.7. The molecule has 5 nitrogen and oxygen atoms in total. The van der Waals surface area contributed by atoms with E-state index in [0.717, 1.165) is 44.3 Å². The molecule has 0 aliphatic carbocycles. The molecule has 0 N–H and O–H groups in total. The predicted molar refractivity (Wildman–Crippen MR) is 86.8 cm³/mol. The Hall–Kier alpha value is -2.19. The second kappa shape index (κ2) is 6.93. The highest BCUT2D eigenvalue weighted by Gasteiger charge is 2.25. The summed E-state index contributed by atoms with van der Waals surface area (Å²) in [4.78, 5) is 2.44. The molecule has 0 unspecified atom stereocenters. The quantitative estimate of drug-likeness (QED) is 0.865. The first kappa shape index (κ1) is 15.7. The van der Waals surface area contributed by atoms with Crippen molar-refractivity contribution in [3.05, 3.63) is 47.2 Å². The summed E-state index contributed by atoms with van der Waals surface area (Å²) in [7, 11) is 0. The molecule has 0 radical (unpaired) electrons. The Morgan fingerprint density at radius 2 is 1.91 bits per heavy atom. The van der Waals surface area contributed by atoms with E-state index in [1.165, 1.54) is 5.56 Å². The van der Waals surface area contributed by atoms with Gasteiger partial charge >= 0.3 is 0 Å². The van der Waals surface area contributed by atoms with Gasteiger partial charge in [-0.1, -0.05) is 26.0 Å². The zero-order valence-electron chi connectivity index (χ0n) is 13.7. The van der Waals surface area contributed by atoms with Crippen LogP contribution in [0.4, 0.5) is 0 Å². The van der Waals surface area contributed by atoms with Crippen LogP contribution < -0.4 is 0 Å². The van der Waals surface area contributed by atoms with E-state index >= 15 is 0 Å². The van der Waals surface area contributed by atoms with Gasteiger partial charge in [0.2, 0.25) is 11.8 Å². The van der Waals surface area contributed by atoms with E-state index in [0.29, 0.717) is 11.5 Å². The second-order valence-corrected chi connectivity index (χ2v) is 6.49. The third-order valence-corrected chi connectivity index (χ3v) is 4.38. The fraction of sp³-hybridized carbons (Fsp3) is 0.500. The number of likely N-dealkylation sites (tertiary alicyclic amines) is 1. The molecule has 0 bridgehead atoms. The van der Waals surface area contributed by atoms with Crippen LogP contribution in [0.25, 0.3) is 0 Å². The Kier molecular flexibility index (Phi) is 4.73. The summed E-state index contributed by atoms with van der Waals surface area (Å²) >= 11 is 0. The summed E-state index contributed by atoms with van der Waals surface area (Å²) in [5.74, 6) is 2.20. The fourth-order valence-corrected chi connectivity index (χ4v) is 2.93. The first-order chi connectivity index (χ1) is 11.2. The monoisotopic (exact) mass is 310 g/mol. The molecule has 1 aliphatic heterocycles. The first-order valence-electron chi connectivity index (χ1n) is 8.20. The molecule has 2 heterocycles. The summed E-state index contributed by atoms with van der Waals surface area (Å²) in [5, 5.41) is 17.2. The molecule has 3 rings (SSSR count). The lowest BCUT2D eigenvalue weighted by atomic mass is 9.96. The maximum Gasteiger partial charge on any atom is 0.219 e. The number of nitrogens with zero attached hydrogens (tertiary/aromatic N) is 4. The van der Waals surface area contributed by atoms with Crippen molar-refractivity contribution in [2.24, 2.45) is 0 Å². The molecular weight excluding hydrogens is 288 g/mol. The van der Waals surface area contributed by atoms with E-state index in [1.54, 1.807) is 0 Å². The molecule has 120 valence electrons. The summed E-state index contributed by atoms with van der Waals surface area (Å²) < 4.78 is 5.79. The molecule has 1 aliphatic rings. The summed E-state index contributed by atoms with van der Waals surface area (Å²) in [6.07, 6.45) is 2.10. The number of hydrogen-bond donors (Lipinski definition) is 0. The Morgan fingerprint density at radius 1 is 1.22 bits per heavy atom. The average molecular weight is 310 g/mol. The van der Waals surface area contributed by atoms with Crippen LogP contribution in [0, 0.1) is 11.3 Å². The van der Waals surface area contributed by atoms with Gasteiger partial charge in [-0.2, -0.15) is 5.26 Å². The number of nitriles is 1. The molecular formula is C18H22N4O. The molecule has 0 saturated carbocycles. The van der Waals surface area contributed by atoms with Crippen LogP contribution in [-0.2, 0) is 6.54 Å². The van der Waals surface area contributed by atoms with Gasteiger partial charge in [-0.3, -0.25) is 4.90 Å². The van der Waals surface area contributed by atoms with Gasteiger partial charge in [-0.15, -0.1) is 10.2 Å². The molecule has 2 aromatic rings. The Morgan fingerprint density at radius 3 is 2.48 bits per heavy atom. The van der Waals surface area contributed by atoms with Gasteiger partial charge < -0.3 is 4.42 Å². The fourth-order valence-electron chi connectivity index (χ4n) is 2.93. The lowest BCUT2D eigenvalue weighted by Crippen LogP contribution is -2.32. The lowest BCUT2D eigenvalue weighted by Gasteiger charge is -2.30. The van der Waals surface area contributed by atoms with Crippen molar-refractivity contribution < 1.29 is 4.42 Å². The molecule has 0 amide bonds. The van der Waals surface area contributed by atoms with Gasteiger partial charge in [-0.25, -0.2) is 0 Å². The van der Waals surface area contributed by atoms with Crippen LogP contribution in [0.1, 0.15) is 61.4 Å². The normalized spacial score (nSPS) is 16.6. The first-order valence-corrected chi connectivity index (χ1v) is 8.20. The van der Waals surface area contributed by atoms with Crippen molar-refractivity contribution in [1.82, 2.24) is 15.1 Å². The predicted octanol–water partition coefficient (Wildman–Crippen LogP) is 3.44. The highest BCUT2D eigenvalue weighted by molar-refractivity contribution is 5.31. The van der Waals surface area contributed by atoms with Crippen molar-refractivity contribution >= 4 is 0 Å². The summed E-state index contributed by atoms with van der Waals surface area (Å²) in [6.45, 7) is 7.13. The third kappa shape index (κ3) is 3.77. The van der Waals surface area contributed by atoms with Gasteiger partial charge in [0.25, 0.3) is 0 Å². The maximum atomic E-state index is 8.84. The smallest absolute Gasteiger partial charge is 0.219 e. The number of rotatable bonds is 4. The molecule has 1 fully saturated rings. The van der Waals surface area contributed by atoms with Gasteiger partial charge in [0.15, 0.2) is 0 Å². The molecule has 1 aromatic carbocycles. The summed E-state index contributed by atoms with van der Waals surface area (Å²) in [5.41, 5.74) is 1.96. The van der Waals surface area contributed by atoms with E-state index in [9.17, 15) is 0 Å². The van der Waals surface area contributed by atoms with Crippen molar-refractivity contribution in [3.8, 4) is 6.07 Å². The molecule has 1 aromatic heterocycles. The number of piperidine rings is 1. The van der Waals surface area contributed by atoms with Crippen molar-refractivity contribution in [3.63, 3.8) is 0 Å². The molecule has 0 atom stereocenters.